The van der Waals surface area contributed by atoms with Crippen molar-refractivity contribution in [2.75, 3.05) is 11.3 Å². The largest absolute Gasteiger partial charge is 0.477 e. The molecule has 12 heteroatoms. The number of aliphatic hydroxyl groups is 1. The maximum absolute atomic E-state index is 13.6. The van der Waals surface area contributed by atoms with Gasteiger partial charge in [-0.15, -0.1) is 0 Å². The first-order valence-corrected chi connectivity index (χ1v) is 15.6. The molecule has 0 saturated heterocycles. The molecule has 0 aliphatic carbocycles. The number of sulfonamides is 1. The van der Waals surface area contributed by atoms with Crippen LogP contribution in [-0.2, 0) is 39.9 Å². The van der Waals surface area contributed by atoms with E-state index in [9.17, 15) is 23.4 Å². The molecule has 4 rings (SSSR count). The molecule has 11 nitrogen and oxygen atoms in total. The van der Waals surface area contributed by atoms with Crippen LogP contribution in [0.1, 0.15) is 78.6 Å². The molecule has 230 valence electrons. The molecular formula is C31H38N4O7S. The zero-order valence-electron chi connectivity index (χ0n) is 25.3. The molecule has 0 aliphatic rings. The average Bonchev–Trinajstić information content (AvgIpc) is 3.47. The number of anilines is 1. The number of nitrogens with one attached hydrogen (secondary N) is 1. The first kappa shape index (κ1) is 31.9. The quantitative estimate of drug-likeness (QED) is 0.180. The van der Waals surface area contributed by atoms with Crippen LogP contribution in [-0.4, -0.2) is 45.9 Å². The molecule has 0 bridgehead atoms. The second kappa shape index (κ2) is 12.7. The number of imidazole rings is 1. The van der Waals surface area contributed by atoms with E-state index in [1.54, 1.807) is 36.6 Å². The topological polar surface area (TPSA) is 157 Å². The van der Waals surface area contributed by atoms with Gasteiger partial charge in [-0.05, 0) is 63.8 Å². The number of aromatic nitrogens is 3. The molecule has 0 atom stereocenters. The number of aromatic carboxylic acids is 1. The summed E-state index contributed by atoms with van der Waals surface area (Å²) in [5.41, 5.74) is 1.82. The summed E-state index contributed by atoms with van der Waals surface area (Å²) in [6.07, 6.45) is 1.27. The lowest BCUT2D eigenvalue weighted by molar-refractivity contribution is 0.0602. The van der Waals surface area contributed by atoms with Crippen molar-refractivity contribution in [1.29, 1.82) is 0 Å². The lowest BCUT2D eigenvalue weighted by atomic mass is 9.97. The van der Waals surface area contributed by atoms with Crippen molar-refractivity contribution in [2.24, 2.45) is 0 Å². The lowest BCUT2D eigenvalue weighted by Crippen LogP contribution is -2.22. The Morgan fingerprint density at radius 1 is 1.12 bits per heavy atom. The Morgan fingerprint density at radius 2 is 1.84 bits per heavy atom. The molecule has 0 fully saturated rings. The van der Waals surface area contributed by atoms with Crippen LogP contribution in [0.3, 0.4) is 0 Å². The van der Waals surface area contributed by atoms with Gasteiger partial charge in [0.2, 0.25) is 0 Å². The van der Waals surface area contributed by atoms with Crippen LogP contribution in [0, 0.1) is 13.8 Å². The molecule has 0 radical (unpaired) electrons. The maximum Gasteiger partial charge on any atom is 0.354 e. The van der Waals surface area contributed by atoms with E-state index >= 15 is 0 Å². The molecule has 0 unspecified atom stereocenters. The Bertz CT molecular complexity index is 1730. The predicted octanol–water partition coefficient (Wildman–Crippen LogP) is 5.42. The number of hydrogen-bond acceptors (Lipinski definition) is 8. The van der Waals surface area contributed by atoms with E-state index in [4.69, 9.17) is 9.26 Å². The number of aryl methyl sites for hydroxylation is 2. The average molecular weight is 611 g/mol. The first-order chi connectivity index (χ1) is 20.3. The summed E-state index contributed by atoms with van der Waals surface area (Å²) in [7, 11) is -4.05. The summed E-state index contributed by atoms with van der Waals surface area (Å²) in [5, 5.41) is 24.6. The second-order valence-electron chi connectivity index (χ2n) is 10.9. The van der Waals surface area contributed by atoms with E-state index in [-0.39, 0.29) is 35.3 Å². The number of carbonyl (C=O) groups is 1. The number of rotatable bonds is 13. The molecule has 3 N–H and O–H groups in total. The van der Waals surface area contributed by atoms with Crippen molar-refractivity contribution in [3.05, 3.63) is 82.1 Å². The van der Waals surface area contributed by atoms with Crippen molar-refractivity contribution in [3.8, 4) is 11.1 Å². The summed E-state index contributed by atoms with van der Waals surface area (Å²) in [5.74, 6) is 0.0250. The van der Waals surface area contributed by atoms with E-state index < -0.39 is 21.6 Å². The molecule has 43 heavy (non-hydrogen) atoms. The van der Waals surface area contributed by atoms with Crippen LogP contribution in [0.25, 0.3) is 11.1 Å². The Morgan fingerprint density at radius 3 is 2.44 bits per heavy atom. The van der Waals surface area contributed by atoms with Gasteiger partial charge in [-0.25, -0.2) is 18.2 Å². The predicted molar refractivity (Wildman–Crippen MR) is 162 cm³/mol. The summed E-state index contributed by atoms with van der Waals surface area (Å²) >= 11 is 0. The Balaban J connectivity index is 1.81. The normalized spacial score (nSPS) is 12.1. The molecular weight excluding hydrogens is 572 g/mol. The van der Waals surface area contributed by atoms with Gasteiger partial charge >= 0.3 is 5.97 Å². The number of nitrogens with zero attached hydrogens (tertiary/aromatic N) is 3. The summed E-state index contributed by atoms with van der Waals surface area (Å²) in [4.78, 5) is 17.0. The minimum absolute atomic E-state index is 0.0587. The molecule has 2 aromatic heterocycles. The molecule has 2 aromatic carbocycles. The van der Waals surface area contributed by atoms with Crippen LogP contribution in [0.2, 0.25) is 0 Å². The third-order valence-corrected chi connectivity index (χ3v) is 8.53. The van der Waals surface area contributed by atoms with Crippen LogP contribution in [0.15, 0.2) is 51.9 Å². The standard InChI is InChI=1S/C31H38N4O7S/c1-7-11-26-32-28(31(5,6)38)27(30(36)37)35(26)17-21-14-15-23(22(16-21)18-41-8-2)24-12-9-10-13-25(24)43(39,40)34-29-19(3)20(4)42-33-29/h9-10,12-16,38H,7-8,11,17-18H2,1-6H3,(H,33,34)(H,36,37). The SMILES string of the molecule is CCCc1nc(C(C)(C)O)c(C(=O)O)n1Cc1ccc(-c2ccccc2S(=O)(=O)Nc2noc(C)c2C)c(COCC)c1. The van der Waals surface area contributed by atoms with Crippen molar-refractivity contribution in [3.63, 3.8) is 0 Å². The third kappa shape index (κ3) is 6.82. The van der Waals surface area contributed by atoms with Gasteiger partial charge in [0.15, 0.2) is 11.5 Å². The summed E-state index contributed by atoms with van der Waals surface area (Å²) in [6.45, 7) is 11.1. The van der Waals surface area contributed by atoms with E-state index in [2.05, 4.69) is 14.9 Å². The van der Waals surface area contributed by atoms with E-state index in [1.165, 1.54) is 19.9 Å². The van der Waals surface area contributed by atoms with E-state index in [0.29, 0.717) is 41.3 Å². The van der Waals surface area contributed by atoms with Gasteiger partial charge in [-0.2, -0.15) is 0 Å². The Kier molecular flexibility index (Phi) is 9.43. The zero-order valence-corrected chi connectivity index (χ0v) is 26.1. The number of ether oxygens (including phenoxy) is 1. The fraction of sp³-hybridized carbons (Fsp3) is 0.387. The van der Waals surface area contributed by atoms with E-state index in [0.717, 1.165) is 17.5 Å². The van der Waals surface area contributed by atoms with Gasteiger partial charge in [-0.1, -0.05) is 48.5 Å². The Hall–Kier alpha value is -4.00. The summed E-state index contributed by atoms with van der Waals surface area (Å²) in [6, 6.07) is 12.2. The molecule has 0 spiro atoms. The van der Waals surface area contributed by atoms with Crippen molar-refractivity contribution >= 4 is 21.8 Å². The van der Waals surface area contributed by atoms with Crippen LogP contribution in [0.4, 0.5) is 5.82 Å². The van der Waals surface area contributed by atoms with Gasteiger partial charge in [-0.3, -0.25) is 4.72 Å². The fourth-order valence-corrected chi connectivity index (χ4v) is 6.15. The van der Waals surface area contributed by atoms with Gasteiger partial charge in [0.05, 0.1) is 11.5 Å². The van der Waals surface area contributed by atoms with Crippen LogP contribution >= 0.6 is 0 Å². The highest BCUT2D eigenvalue weighted by Gasteiger charge is 2.31. The highest BCUT2D eigenvalue weighted by molar-refractivity contribution is 7.92. The molecule has 0 saturated carbocycles. The lowest BCUT2D eigenvalue weighted by Gasteiger charge is -2.18. The number of carboxylic acid groups (broad SMARTS) is 1. The minimum Gasteiger partial charge on any atom is -0.477 e. The number of benzene rings is 2. The van der Waals surface area contributed by atoms with Gasteiger partial charge in [0.1, 0.15) is 22.9 Å². The molecule has 0 amide bonds. The Labute approximate surface area is 251 Å². The number of carboxylic acids is 1. The van der Waals surface area contributed by atoms with Crippen molar-refractivity contribution in [1.82, 2.24) is 14.7 Å². The van der Waals surface area contributed by atoms with Crippen LogP contribution in [0.5, 0.6) is 0 Å². The molecule has 4 aromatic rings. The van der Waals surface area contributed by atoms with Gasteiger partial charge in [0.25, 0.3) is 10.0 Å². The fourth-order valence-electron chi connectivity index (χ4n) is 4.87. The first-order valence-electron chi connectivity index (χ1n) is 14.1. The second-order valence-corrected chi connectivity index (χ2v) is 12.5. The highest BCUT2D eigenvalue weighted by Crippen LogP contribution is 2.34. The van der Waals surface area contributed by atoms with E-state index in [1.807, 2.05) is 32.0 Å². The summed E-state index contributed by atoms with van der Waals surface area (Å²) < 4.78 is 42.2. The monoisotopic (exact) mass is 610 g/mol. The van der Waals surface area contributed by atoms with Gasteiger partial charge in [0, 0.05) is 30.7 Å². The highest BCUT2D eigenvalue weighted by atomic mass is 32.2. The van der Waals surface area contributed by atoms with Gasteiger partial charge < -0.3 is 24.0 Å². The number of hydrogen-bond donors (Lipinski definition) is 3. The molecule has 0 aliphatic heterocycles. The van der Waals surface area contributed by atoms with Crippen molar-refractivity contribution in [2.45, 2.75) is 78.0 Å². The zero-order chi connectivity index (χ0) is 31.5. The molecule has 2 heterocycles. The maximum atomic E-state index is 13.6. The third-order valence-electron chi connectivity index (χ3n) is 7.13. The van der Waals surface area contributed by atoms with Crippen molar-refractivity contribution < 1.29 is 32.7 Å². The minimum atomic E-state index is -4.05. The smallest absolute Gasteiger partial charge is 0.354 e. The van der Waals surface area contributed by atoms with Crippen LogP contribution < -0.4 is 4.72 Å².